The molecule has 0 saturated carbocycles. The minimum absolute atomic E-state index is 0.0152. The number of aliphatic imine (C=N–C) groups is 1. The molecule has 0 atom stereocenters. The summed E-state index contributed by atoms with van der Waals surface area (Å²) in [6.07, 6.45) is 2.21. The molecule has 0 saturated heterocycles. The summed E-state index contributed by atoms with van der Waals surface area (Å²) in [6, 6.07) is 8.38. The zero-order valence-electron chi connectivity index (χ0n) is 15.7. The number of hydrogen-bond acceptors (Lipinski definition) is 2. The van der Waals surface area contributed by atoms with Crippen molar-refractivity contribution in [3.63, 3.8) is 0 Å². The molecule has 0 aliphatic rings. The van der Waals surface area contributed by atoms with Crippen molar-refractivity contribution in [1.82, 2.24) is 16.0 Å². The standard InChI is InChI=1S/C19H32N4O/c1-6-7-12-21-18(23-14-19(3,4)17(24)20-5)22-13-16-10-8-15(2)9-11-16/h8-11H,6-7,12-14H2,1-5H3,(H,20,24)(H2,21,22,23). The lowest BCUT2D eigenvalue weighted by Gasteiger charge is -2.24. The largest absolute Gasteiger partial charge is 0.359 e. The number of amides is 1. The number of aryl methyl sites for hydroxylation is 1. The molecular weight excluding hydrogens is 300 g/mol. The topological polar surface area (TPSA) is 65.5 Å². The number of nitrogens with zero attached hydrogens (tertiary/aromatic N) is 1. The molecule has 0 unspecified atom stereocenters. The first-order chi connectivity index (χ1) is 11.4. The summed E-state index contributed by atoms with van der Waals surface area (Å²) >= 11 is 0. The van der Waals surface area contributed by atoms with Crippen LogP contribution in [-0.2, 0) is 11.3 Å². The Labute approximate surface area is 146 Å². The summed E-state index contributed by atoms with van der Waals surface area (Å²) < 4.78 is 0. The summed E-state index contributed by atoms with van der Waals surface area (Å²) in [7, 11) is 1.66. The lowest BCUT2D eigenvalue weighted by Crippen LogP contribution is -2.47. The van der Waals surface area contributed by atoms with E-state index in [4.69, 9.17) is 0 Å². The third-order valence-electron chi connectivity index (χ3n) is 3.90. The van der Waals surface area contributed by atoms with Gasteiger partial charge >= 0.3 is 0 Å². The van der Waals surface area contributed by atoms with Crippen LogP contribution < -0.4 is 16.0 Å². The molecule has 1 aromatic rings. The van der Waals surface area contributed by atoms with Crippen LogP contribution in [0.4, 0.5) is 0 Å². The first-order valence-electron chi connectivity index (χ1n) is 8.69. The number of unbranched alkanes of at least 4 members (excludes halogenated alkanes) is 1. The van der Waals surface area contributed by atoms with Crippen LogP contribution in [0, 0.1) is 12.3 Å². The molecule has 3 N–H and O–H groups in total. The van der Waals surface area contributed by atoms with Gasteiger partial charge in [0.1, 0.15) is 0 Å². The van der Waals surface area contributed by atoms with E-state index in [1.165, 1.54) is 11.1 Å². The second-order valence-electron chi connectivity index (χ2n) is 6.75. The van der Waals surface area contributed by atoms with E-state index in [-0.39, 0.29) is 5.91 Å². The van der Waals surface area contributed by atoms with E-state index >= 15 is 0 Å². The lowest BCUT2D eigenvalue weighted by atomic mass is 9.92. The van der Waals surface area contributed by atoms with Crippen LogP contribution >= 0.6 is 0 Å². The SMILES string of the molecule is CCCCNC(=NCc1ccc(C)cc1)NCC(C)(C)C(=O)NC. The summed E-state index contributed by atoms with van der Waals surface area (Å²) in [5.41, 5.74) is 1.92. The van der Waals surface area contributed by atoms with Gasteiger partial charge in [-0.3, -0.25) is 4.79 Å². The normalized spacial score (nSPS) is 12.0. The quantitative estimate of drug-likeness (QED) is 0.389. The van der Waals surface area contributed by atoms with Gasteiger partial charge in [0.05, 0.1) is 12.0 Å². The zero-order chi connectivity index (χ0) is 18.0. The first kappa shape index (κ1) is 20.0. The molecule has 0 bridgehead atoms. The van der Waals surface area contributed by atoms with Crippen LogP contribution in [0.15, 0.2) is 29.3 Å². The monoisotopic (exact) mass is 332 g/mol. The summed E-state index contributed by atoms with van der Waals surface area (Å²) in [4.78, 5) is 16.6. The Morgan fingerprint density at radius 3 is 2.42 bits per heavy atom. The molecule has 0 aliphatic carbocycles. The zero-order valence-corrected chi connectivity index (χ0v) is 15.7. The van der Waals surface area contributed by atoms with Gasteiger partial charge in [-0.15, -0.1) is 0 Å². The fourth-order valence-corrected chi connectivity index (χ4v) is 2.15. The molecule has 0 spiro atoms. The van der Waals surface area contributed by atoms with Gasteiger partial charge in [0.15, 0.2) is 5.96 Å². The van der Waals surface area contributed by atoms with Crippen molar-refractivity contribution in [2.24, 2.45) is 10.4 Å². The Kier molecular flexibility index (Phi) is 8.30. The van der Waals surface area contributed by atoms with Gasteiger partial charge < -0.3 is 16.0 Å². The number of carbonyl (C=O) groups excluding carboxylic acids is 1. The third kappa shape index (κ3) is 7.02. The predicted molar refractivity (Wildman–Crippen MR) is 101 cm³/mol. The second kappa shape index (κ2) is 9.96. The molecule has 5 nitrogen and oxygen atoms in total. The Balaban J connectivity index is 2.69. The molecule has 0 fully saturated rings. The number of carbonyl (C=O) groups is 1. The third-order valence-corrected chi connectivity index (χ3v) is 3.90. The average Bonchev–Trinajstić information content (AvgIpc) is 2.57. The molecule has 1 rings (SSSR count). The van der Waals surface area contributed by atoms with Gasteiger partial charge in [-0.1, -0.05) is 43.2 Å². The van der Waals surface area contributed by atoms with Crippen molar-refractivity contribution in [3.8, 4) is 0 Å². The van der Waals surface area contributed by atoms with Crippen LogP contribution in [0.3, 0.4) is 0 Å². The fourth-order valence-electron chi connectivity index (χ4n) is 2.15. The van der Waals surface area contributed by atoms with Gasteiger partial charge in [0.25, 0.3) is 0 Å². The van der Waals surface area contributed by atoms with E-state index in [0.29, 0.717) is 13.1 Å². The van der Waals surface area contributed by atoms with Crippen LogP contribution in [0.2, 0.25) is 0 Å². The molecule has 0 aromatic heterocycles. The highest BCUT2D eigenvalue weighted by Gasteiger charge is 2.26. The molecule has 0 radical (unpaired) electrons. The van der Waals surface area contributed by atoms with Crippen LogP contribution in [0.25, 0.3) is 0 Å². The Morgan fingerprint density at radius 2 is 1.83 bits per heavy atom. The van der Waals surface area contributed by atoms with E-state index in [1.54, 1.807) is 7.05 Å². The van der Waals surface area contributed by atoms with Crippen molar-refractivity contribution in [2.75, 3.05) is 20.1 Å². The van der Waals surface area contributed by atoms with E-state index in [0.717, 1.165) is 25.3 Å². The lowest BCUT2D eigenvalue weighted by molar-refractivity contribution is -0.128. The molecule has 0 heterocycles. The van der Waals surface area contributed by atoms with E-state index in [2.05, 4.69) is 59.1 Å². The van der Waals surface area contributed by atoms with Crippen LogP contribution in [0.5, 0.6) is 0 Å². The molecule has 1 aromatic carbocycles. The van der Waals surface area contributed by atoms with E-state index in [9.17, 15) is 4.79 Å². The Bertz CT molecular complexity index is 535. The van der Waals surface area contributed by atoms with Gasteiger partial charge in [-0.2, -0.15) is 0 Å². The maximum atomic E-state index is 11.9. The predicted octanol–water partition coefficient (Wildman–Crippen LogP) is 2.60. The molecule has 1 amide bonds. The number of benzene rings is 1. The smallest absolute Gasteiger partial charge is 0.227 e. The minimum atomic E-state index is -0.494. The molecule has 134 valence electrons. The van der Waals surface area contributed by atoms with Gasteiger partial charge in [0, 0.05) is 20.1 Å². The van der Waals surface area contributed by atoms with Gasteiger partial charge in [-0.05, 0) is 32.8 Å². The Hall–Kier alpha value is -2.04. The van der Waals surface area contributed by atoms with Crippen LogP contribution in [0.1, 0.15) is 44.7 Å². The highest BCUT2D eigenvalue weighted by molar-refractivity contribution is 5.84. The number of hydrogen-bond donors (Lipinski definition) is 3. The van der Waals surface area contributed by atoms with Crippen molar-refractivity contribution in [1.29, 1.82) is 0 Å². The average molecular weight is 332 g/mol. The number of guanidine groups is 1. The second-order valence-corrected chi connectivity index (χ2v) is 6.75. The fraction of sp³-hybridized carbons (Fsp3) is 0.579. The molecular formula is C19H32N4O. The van der Waals surface area contributed by atoms with Crippen LogP contribution in [-0.4, -0.2) is 32.0 Å². The minimum Gasteiger partial charge on any atom is -0.359 e. The molecule has 0 aliphatic heterocycles. The highest BCUT2D eigenvalue weighted by atomic mass is 16.2. The number of nitrogens with one attached hydrogen (secondary N) is 3. The Morgan fingerprint density at radius 1 is 1.17 bits per heavy atom. The van der Waals surface area contributed by atoms with Gasteiger partial charge in [0.2, 0.25) is 5.91 Å². The first-order valence-corrected chi connectivity index (χ1v) is 8.69. The van der Waals surface area contributed by atoms with E-state index in [1.807, 2.05) is 13.8 Å². The highest BCUT2D eigenvalue weighted by Crippen LogP contribution is 2.13. The number of rotatable bonds is 8. The summed E-state index contributed by atoms with van der Waals surface area (Å²) in [5, 5.41) is 9.34. The van der Waals surface area contributed by atoms with Crippen molar-refractivity contribution in [2.45, 2.75) is 47.1 Å². The van der Waals surface area contributed by atoms with Crippen molar-refractivity contribution < 1.29 is 4.79 Å². The van der Waals surface area contributed by atoms with E-state index < -0.39 is 5.41 Å². The van der Waals surface area contributed by atoms with Gasteiger partial charge in [-0.25, -0.2) is 4.99 Å². The van der Waals surface area contributed by atoms with Crippen molar-refractivity contribution >= 4 is 11.9 Å². The molecule has 5 heteroatoms. The maximum Gasteiger partial charge on any atom is 0.227 e. The summed E-state index contributed by atoms with van der Waals surface area (Å²) in [5.74, 6) is 0.766. The summed E-state index contributed by atoms with van der Waals surface area (Å²) in [6.45, 7) is 10.1. The molecule has 24 heavy (non-hydrogen) atoms. The maximum absolute atomic E-state index is 11.9. The van der Waals surface area contributed by atoms with Crippen molar-refractivity contribution in [3.05, 3.63) is 35.4 Å².